The predicted octanol–water partition coefficient (Wildman–Crippen LogP) is 2.22. The molecule has 0 saturated carbocycles. The monoisotopic (exact) mass is 330 g/mol. The van der Waals surface area contributed by atoms with Crippen LogP contribution in [0.2, 0.25) is 0 Å². The Kier molecular flexibility index (Phi) is 4.84. The van der Waals surface area contributed by atoms with Crippen LogP contribution in [0.4, 0.5) is 10.1 Å². The Hall–Kier alpha value is -2.76. The Labute approximate surface area is 140 Å². The Morgan fingerprint density at radius 2 is 2.04 bits per heavy atom. The Morgan fingerprint density at radius 3 is 2.79 bits per heavy atom. The number of hydrogen-bond acceptors (Lipinski definition) is 4. The van der Waals surface area contributed by atoms with Gasteiger partial charge in [-0.25, -0.2) is 4.39 Å². The second kappa shape index (κ2) is 7.21. The minimum absolute atomic E-state index is 0.158. The maximum absolute atomic E-state index is 12.9. The number of ether oxygens (including phenoxy) is 2. The number of rotatable bonds is 5. The highest BCUT2D eigenvalue weighted by molar-refractivity contribution is 5.83. The van der Waals surface area contributed by atoms with Gasteiger partial charge in [-0.05, 0) is 36.4 Å². The molecule has 1 aliphatic heterocycles. The summed E-state index contributed by atoms with van der Waals surface area (Å²) in [6.07, 6.45) is -0.560. The van der Waals surface area contributed by atoms with Gasteiger partial charge in [-0.1, -0.05) is 12.1 Å². The van der Waals surface area contributed by atoms with Gasteiger partial charge >= 0.3 is 0 Å². The summed E-state index contributed by atoms with van der Waals surface area (Å²) in [6, 6.07) is 13.5. The predicted molar refractivity (Wildman–Crippen MR) is 89.0 cm³/mol. The lowest BCUT2D eigenvalue weighted by Crippen LogP contribution is -2.49. The number of anilines is 1. The van der Waals surface area contributed by atoms with Gasteiger partial charge in [0.05, 0.1) is 18.8 Å². The zero-order chi connectivity index (χ0) is 16.9. The van der Waals surface area contributed by atoms with Crippen molar-refractivity contribution < 1.29 is 18.7 Å². The topological polar surface area (TPSA) is 50.8 Å². The van der Waals surface area contributed by atoms with Gasteiger partial charge < -0.3 is 19.7 Å². The van der Waals surface area contributed by atoms with E-state index in [0.29, 0.717) is 31.2 Å². The number of halogens is 1. The van der Waals surface area contributed by atoms with E-state index >= 15 is 0 Å². The molecule has 1 heterocycles. The smallest absolute Gasteiger partial charge is 0.262 e. The van der Waals surface area contributed by atoms with Crippen molar-refractivity contribution in [3.05, 3.63) is 54.3 Å². The number of amides is 1. The first-order valence-corrected chi connectivity index (χ1v) is 7.78. The van der Waals surface area contributed by atoms with Crippen LogP contribution in [0.1, 0.15) is 0 Å². The molecular formula is C18H19FN2O3. The van der Waals surface area contributed by atoms with Crippen molar-refractivity contribution in [3.8, 4) is 11.5 Å². The fraction of sp³-hybridized carbons (Fsp3) is 0.278. The second-order valence-corrected chi connectivity index (χ2v) is 5.44. The second-order valence-electron chi connectivity index (χ2n) is 5.44. The van der Waals surface area contributed by atoms with Crippen LogP contribution in [-0.4, -0.2) is 38.8 Å². The van der Waals surface area contributed by atoms with Crippen molar-refractivity contribution in [2.75, 3.05) is 31.6 Å². The Bertz CT molecular complexity index is 706. The summed E-state index contributed by atoms with van der Waals surface area (Å²) in [4.78, 5) is 14.0. The van der Waals surface area contributed by atoms with Crippen LogP contribution in [0.5, 0.6) is 11.5 Å². The number of carbonyl (C=O) groups is 1. The first-order chi connectivity index (χ1) is 11.7. The molecule has 1 amide bonds. The van der Waals surface area contributed by atoms with E-state index in [1.807, 2.05) is 24.3 Å². The lowest BCUT2D eigenvalue weighted by Gasteiger charge is -2.35. The van der Waals surface area contributed by atoms with Crippen LogP contribution < -0.4 is 19.7 Å². The molecule has 0 aliphatic carbocycles. The quantitative estimate of drug-likeness (QED) is 0.913. The van der Waals surface area contributed by atoms with Gasteiger partial charge in [0, 0.05) is 7.05 Å². The van der Waals surface area contributed by atoms with Crippen molar-refractivity contribution in [1.82, 2.24) is 5.32 Å². The fourth-order valence-corrected chi connectivity index (χ4v) is 2.62. The summed E-state index contributed by atoms with van der Waals surface area (Å²) in [5.41, 5.74) is 0.931. The lowest BCUT2D eigenvalue weighted by molar-refractivity contribution is -0.127. The van der Waals surface area contributed by atoms with Gasteiger partial charge in [0.15, 0.2) is 6.10 Å². The molecule has 2 aromatic carbocycles. The Balaban J connectivity index is 1.66. The molecule has 0 bridgehead atoms. The van der Waals surface area contributed by atoms with Gasteiger partial charge in [-0.3, -0.25) is 4.79 Å². The van der Waals surface area contributed by atoms with Crippen molar-refractivity contribution in [2.24, 2.45) is 0 Å². The molecule has 2 aromatic rings. The molecule has 6 heteroatoms. The first-order valence-electron chi connectivity index (χ1n) is 7.78. The zero-order valence-corrected chi connectivity index (χ0v) is 13.4. The maximum Gasteiger partial charge on any atom is 0.262 e. The highest BCUT2D eigenvalue weighted by atomic mass is 19.1. The average molecular weight is 330 g/mol. The minimum atomic E-state index is -0.560. The molecule has 1 N–H and O–H groups in total. The van der Waals surface area contributed by atoms with Gasteiger partial charge in [0.25, 0.3) is 5.91 Å². The molecule has 0 unspecified atom stereocenters. The van der Waals surface area contributed by atoms with E-state index in [1.165, 1.54) is 12.1 Å². The van der Waals surface area contributed by atoms with Crippen molar-refractivity contribution >= 4 is 11.6 Å². The Morgan fingerprint density at radius 1 is 1.29 bits per heavy atom. The largest absolute Gasteiger partial charge is 0.492 e. The molecular weight excluding hydrogens is 311 g/mol. The molecule has 0 radical (unpaired) electrons. The maximum atomic E-state index is 12.9. The molecule has 0 saturated heterocycles. The van der Waals surface area contributed by atoms with E-state index in [1.54, 1.807) is 19.2 Å². The third-order valence-corrected chi connectivity index (χ3v) is 3.84. The van der Waals surface area contributed by atoms with Crippen LogP contribution >= 0.6 is 0 Å². The van der Waals surface area contributed by atoms with Crippen LogP contribution in [-0.2, 0) is 4.79 Å². The third kappa shape index (κ3) is 3.59. The van der Waals surface area contributed by atoms with E-state index in [9.17, 15) is 9.18 Å². The number of nitrogens with zero attached hydrogens (tertiary/aromatic N) is 1. The number of nitrogens with one attached hydrogen (secondary N) is 1. The van der Waals surface area contributed by atoms with Crippen molar-refractivity contribution in [1.29, 1.82) is 0 Å². The summed E-state index contributed by atoms with van der Waals surface area (Å²) in [6.45, 7) is 1.45. The van der Waals surface area contributed by atoms with Crippen molar-refractivity contribution in [3.63, 3.8) is 0 Å². The molecule has 1 atom stereocenters. The number of fused-ring (bicyclic) bond motifs is 1. The normalized spacial score (nSPS) is 16.1. The lowest BCUT2D eigenvalue weighted by atomic mass is 10.2. The van der Waals surface area contributed by atoms with E-state index in [0.717, 1.165) is 5.69 Å². The van der Waals surface area contributed by atoms with Crippen LogP contribution in [0.25, 0.3) is 0 Å². The highest BCUT2D eigenvalue weighted by Gasteiger charge is 2.29. The van der Waals surface area contributed by atoms with E-state index in [2.05, 4.69) is 10.2 Å². The molecule has 0 aromatic heterocycles. The average Bonchev–Trinajstić information content (AvgIpc) is 2.62. The van der Waals surface area contributed by atoms with Gasteiger partial charge in [0.2, 0.25) is 0 Å². The van der Waals surface area contributed by atoms with Gasteiger partial charge in [-0.15, -0.1) is 0 Å². The van der Waals surface area contributed by atoms with E-state index < -0.39 is 6.10 Å². The van der Waals surface area contributed by atoms with Crippen LogP contribution in [0.3, 0.4) is 0 Å². The molecule has 3 rings (SSSR count). The summed E-state index contributed by atoms with van der Waals surface area (Å²) in [5.74, 6) is 0.840. The number of para-hydroxylation sites is 2. The van der Waals surface area contributed by atoms with E-state index in [-0.39, 0.29) is 11.7 Å². The van der Waals surface area contributed by atoms with Crippen LogP contribution in [0.15, 0.2) is 48.5 Å². The first kappa shape index (κ1) is 16.1. The number of hydrogen-bond donors (Lipinski definition) is 1. The van der Waals surface area contributed by atoms with Gasteiger partial charge in [0.1, 0.15) is 23.9 Å². The van der Waals surface area contributed by atoms with E-state index in [4.69, 9.17) is 9.47 Å². The third-order valence-electron chi connectivity index (χ3n) is 3.84. The summed E-state index contributed by atoms with van der Waals surface area (Å²) in [5, 5.41) is 2.62. The SMILES string of the molecule is CNC(=O)[C@@H]1CN(CCOc2ccc(F)cc2)c2ccccc2O1. The van der Waals surface area contributed by atoms with Crippen molar-refractivity contribution in [2.45, 2.75) is 6.10 Å². The standard InChI is InChI=1S/C18H19FN2O3/c1-20-18(22)17-12-21(15-4-2-3-5-16(15)24-17)10-11-23-14-8-6-13(19)7-9-14/h2-9,17H,10-12H2,1H3,(H,20,22)/t17-/m0/s1. The molecule has 1 aliphatic rings. The molecule has 5 nitrogen and oxygen atoms in total. The summed E-state index contributed by atoms with van der Waals surface area (Å²) < 4.78 is 24.3. The number of carbonyl (C=O) groups excluding carboxylic acids is 1. The number of benzene rings is 2. The minimum Gasteiger partial charge on any atom is -0.492 e. The zero-order valence-electron chi connectivity index (χ0n) is 13.4. The summed E-state index contributed by atoms with van der Waals surface area (Å²) in [7, 11) is 1.59. The molecule has 0 fully saturated rings. The summed E-state index contributed by atoms with van der Waals surface area (Å²) >= 11 is 0. The highest BCUT2D eigenvalue weighted by Crippen LogP contribution is 2.32. The van der Waals surface area contributed by atoms with Crippen LogP contribution in [0, 0.1) is 5.82 Å². The fourth-order valence-electron chi connectivity index (χ4n) is 2.62. The molecule has 126 valence electrons. The number of likely N-dealkylation sites (N-methyl/N-ethyl adjacent to an activating group) is 1. The molecule has 24 heavy (non-hydrogen) atoms. The molecule has 0 spiro atoms. The van der Waals surface area contributed by atoms with Gasteiger partial charge in [-0.2, -0.15) is 0 Å².